The second kappa shape index (κ2) is 4.70. The first-order chi connectivity index (χ1) is 7.63. The van der Waals surface area contributed by atoms with Crippen molar-refractivity contribution in [1.29, 1.82) is 0 Å². The van der Waals surface area contributed by atoms with Gasteiger partial charge in [0.2, 0.25) is 0 Å². The molecule has 1 atom stereocenters. The van der Waals surface area contributed by atoms with Crippen LogP contribution < -0.4 is 5.32 Å². The first kappa shape index (κ1) is 14.1. The van der Waals surface area contributed by atoms with Gasteiger partial charge in [-0.15, -0.1) is 0 Å². The van der Waals surface area contributed by atoms with Crippen LogP contribution >= 0.6 is 0 Å². The molecule has 0 heterocycles. The Kier molecular flexibility index (Phi) is 3.89. The van der Waals surface area contributed by atoms with E-state index in [1.54, 1.807) is 0 Å². The van der Waals surface area contributed by atoms with Crippen LogP contribution in [0.25, 0.3) is 0 Å². The number of aliphatic hydroxyl groups is 1. The van der Waals surface area contributed by atoms with E-state index >= 15 is 0 Å². The number of nitrogens with one attached hydrogen (secondary N) is 1. The summed E-state index contributed by atoms with van der Waals surface area (Å²) in [5, 5.41) is 13.3. The molecule has 1 rings (SSSR count). The Bertz CT molecular complexity index is 397. The standard InChI is InChI=1S/C13H19F2NO/c1-12(2,3)16-8-13(4,17)9-6-5-7-10(14)11(9)15/h5-7,16-17H,8H2,1-4H3. The molecule has 4 heteroatoms. The number of rotatable bonds is 3. The highest BCUT2D eigenvalue weighted by atomic mass is 19.2. The van der Waals surface area contributed by atoms with Gasteiger partial charge in [0.15, 0.2) is 11.6 Å². The van der Waals surface area contributed by atoms with E-state index in [-0.39, 0.29) is 17.6 Å². The zero-order chi connectivity index (χ0) is 13.3. The van der Waals surface area contributed by atoms with E-state index in [4.69, 9.17) is 0 Å². The molecule has 0 bridgehead atoms. The first-order valence-corrected chi connectivity index (χ1v) is 5.55. The van der Waals surface area contributed by atoms with Crippen LogP contribution in [0.5, 0.6) is 0 Å². The van der Waals surface area contributed by atoms with Crippen molar-refractivity contribution in [3.8, 4) is 0 Å². The molecular formula is C13H19F2NO. The van der Waals surface area contributed by atoms with Crippen LogP contribution in [0.3, 0.4) is 0 Å². The Hall–Kier alpha value is -1.00. The van der Waals surface area contributed by atoms with Gasteiger partial charge in [0.05, 0.1) is 0 Å². The summed E-state index contributed by atoms with van der Waals surface area (Å²) in [4.78, 5) is 0. The van der Waals surface area contributed by atoms with Crippen molar-refractivity contribution in [2.24, 2.45) is 0 Å². The summed E-state index contributed by atoms with van der Waals surface area (Å²) in [5.74, 6) is -1.94. The maximum absolute atomic E-state index is 13.6. The SMILES string of the molecule is CC(C)(C)NCC(C)(O)c1cccc(F)c1F. The van der Waals surface area contributed by atoms with Crippen molar-refractivity contribution in [3.63, 3.8) is 0 Å². The normalized spacial score (nSPS) is 15.7. The predicted molar refractivity (Wildman–Crippen MR) is 63.7 cm³/mol. The molecule has 1 aromatic rings. The highest BCUT2D eigenvalue weighted by Crippen LogP contribution is 2.24. The Morgan fingerprint density at radius 2 is 1.76 bits per heavy atom. The van der Waals surface area contributed by atoms with Crippen LogP contribution in [0.1, 0.15) is 33.3 Å². The summed E-state index contributed by atoms with van der Waals surface area (Å²) in [7, 11) is 0. The molecular weight excluding hydrogens is 224 g/mol. The maximum atomic E-state index is 13.6. The van der Waals surface area contributed by atoms with Crippen molar-refractivity contribution < 1.29 is 13.9 Å². The average molecular weight is 243 g/mol. The van der Waals surface area contributed by atoms with Gasteiger partial charge in [0, 0.05) is 17.6 Å². The average Bonchev–Trinajstić information content (AvgIpc) is 2.18. The fourth-order valence-corrected chi connectivity index (χ4v) is 1.45. The zero-order valence-electron chi connectivity index (χ0n) is 10.6. The molecule has 2 nitrogen and oxygen atoms in total. The second-order valence-corrected chi connectivity index (χ2v) is 5.48. The minimum Gasteiger partial charge on any atom is -0.384 e. The minimum atomic E-state index is -1.44. The zero-order valence-corrected chi connectivity index (χ0v) is 10.6. The third-order valence-electron chi connectivity index (χ3n) is 2.49. The third kappa shape index (κ3) is 3.75. The predicted octanol–water partition coefficient (Wildman–Crippen LogP) is 2.56. The summed E-state index contributed by atoms with van der Waals surface area (Å²) >= 11 is 0. The fraction of sp³-hybridized carbons (Fsp3) is 0.538. The summed E-state index contributed by atoms with van der Waals surface area (Å²) in [6.45, 7) is 7.42. The monoisotopic (exact) mass is 243 g/mol. The van der Waals surface area contributed by atoms with E-state index < -0.39 is 17.2 Å². The van der Waals surface area contributed by atoms with Crippen LogP contribution in [0.4, 0.5) is 8.78 Å². The molecule has 96 valence electrons. The molecule has 17 heavy (non-hydrogen) atoms. The molecule has 0 radical (unpaired) electrons. The Balaban J connectivity index is 2.93. The van der Waals surface area contributed by atoms with Gasteiger partial charge in [-0.1, -0.05) is 12.1 Å². The summed E-state index contributed by atoms with van der Waals surface area (Å²) in [6.07, 6.45) is 0. The molecule has 0 aromatic heterocycles. The molecule has 0 aliphatic carbocycles. The quantitative estimate of drug-likeness (QED) is 0.855. The lowest BCUT2D eigenvalue weighted by atomic mass is 9.94. The molecule has 0 aliphatic rings. The third-order valence-corrected chi connectivity index (χ3v) is 2.49. The molecule has 0 amide bonds. The summed E-state index contributed by atoms with van der Waals surface area (Å²) < 4.78 is 26.6. The van der Waals surface area contributed by atoms with Crippen molar-refractivity contribution in [2.45, 2.75) is 38.8 Å². The van der Waals surface area contributed by atoms with E-state index in [1.165, 1.54) is 19.1 Å². The van der Waals surface area contributed by atoms with Crippen molar-refractivity contribution in [1.82, 2.24) is 5.32 Å². The maximum Gasteiger partial charge on any atom is 0.164 e. The highest BCUT2D eigenvalue weighted by molar-refractivity contribution is 5.25. The van der Waals surface area contributed by atoms with Crippen molar-refractivity contribution in [3.05, 3.63) is 35.4 Å². The second-order valence-electron chi connectivity index (χ2n) is 5.48. The number of benzene rings is 1. The molecule has 1 unspecified atom stereocenters. The molecule has 0 spiro atoms. The lowest BCUT2D eigenvalue weighted by molar-refractivity contribution is 0.0459. The lowest BCUT2D eigenvalue weighted by Gasteiger charge is -2.30. The highest BCUT2D eigenvalue weighted by Gasteiger charge is 2.29. The Labute approximate surface area is 101 Å². The number of hydrogen-bond donors (Lipinski definition) is 2. The molecule has 0 saturated carbocycles. The van der Waals surface area contributed by atoms with E-state index in [1.807, 2.05) is 20.8 Å². The van der Waals surface area contributed by atoms with Crippen LogP contribution in [0, 0.1) is 11.6 Å². The minimum absolute atomic E-state index is 0.0331. The number of hydrogen-bond acceptors (Lipinski definition) is 2. The summed E-state index contributed by atoms with van der Waals surface area (Å²) in [5.41, 5.74) is -1.68. The van der Waals surface area contributed by atoms with Gasteiger partial charge in [-0.2, -0.15) is 0 Å². The van der Waals surface area contributed by atoms with Gasteiger partial charge < -0.3 is 10.4 Å². The molecule has 0 saturated heterocycles. The topological polar surface area (TPSA) is 32.3 Å². The Morgan fingerprint density at radius 1 is 1.18 bits per heavy atom. The molecule has 0 fully saturated rings. The smallest absolute Gasteiger partial charge is 0.164 e. The summed E-state index contributed by atoms with van der Waals surface area (Å²) in [6, 6.07) is 3.81. The van der Waals surface area contributed by atoms with Crippen LogP contribution in [-0.2, 0) is 5.60 Å². The fourth-order valence-electron chi connectivity index (χ4n) is 1.45. The number of β-amino-alcohol motifs (C(OH)–C–C–N with tert-alkyl or cyclic N) is 1. The van der Waals surface area contributed by atoms with Gasteiger partial charge in [0.25, 0.3) is 0 Å². The lowest BCUT2D eigenvalue weighted by Crippen LogP contribution is -2.45. The molecule has 0 aliphatic heterocycles. The van der Waals surface area contributed by atoms with Crippen LogP contribution in [-0.4, -0.2) is 17.2 Å². The van der Waals surface area contributed by atoms with Gasteiger partial charge in [0.1, 0.15) is 5.60 Å². The van der Waals surface area contributed by atoms with Gasteiger partial charge >= 0.3 is 0 Å². The van der Waals surface area contributed by atoms with Gasteiger partial charge in [-0.25, -0.2) is 8.78 Å². The number of halogens is 2. The van der Waals surface area contributed by atoms with E-state index in [0.717, 1.165) is 6.07 Å². The first-order valence-electron chi connectivity index (χ1n) is 5.55. The van der Waals surface area contributed by atoms with Crippen LogP contribution in [0.15, 0.2) is 18.2 Å². The Morgan fingerprint density at radius 3 is 2.29 bits per heavy atom. The van der Waals surface area contributed by atoms with Gasteiger partial charge in [-0.05, 0) is 33.8 Å². The van der Waals surface area contributed by atoms with Gasteiger partial charge in [-0.3, -0.25) is 0 Å². The van der Waals surface area contributed by atoms with Crippen molar-refractivity contribution in [2.75, 3.05) is 6.54 Å². The van der Waals surface area contributed by atoms with Crippen LogP contribution in [0.2, 0.25) is 0 Å². The van der Waals surface area contributed by atoms with E-state index in [9.17, 15) is 13.9 Å². The largest absolute Gasteiger partial charge is 0.384 e. The van der Waals surface area contributed by atoms with E-state index in [2.05, 4.69) is 5.32 Å². The molecule has 1 aromatic carbocycles. The molecule has 2 N–H and O–H groups in total. The van der Waals surface area contributed by atoms with Crippen molar-refractivity contribution >= 4 is 0 Å². The van der Waals surface area contributed by atoms with E-state index in [0.29, 0.717) is 0 Å².